The molecule has 6 heteroatoms. The molecule has 8 aromatic rings. The Morgan fingerprint density at radius 3 is 1.19 bits per heavy atom. The highest BCUT2D eigenvalue weighted by Gasteiger charge is 2.22. The maximum absolute atomic E-state index is 10.9. The summed E-state index contributed by atoms with van der Waals surface area (Å²) in [6, 6.07) is 47.6. The number of nitrogens with one attached hydrogen (secondary N) is 1. The van der Waals surface area contributed by atoms with Crippen molar-refractivity contribution in [3.05, 3.63) is 152 Å². The van der Waals surface area contributed by atoms with Gasteiger partial charge in [0.1, 0.15) is 23.1 Å². The van der Waals surface area contributed by atoms with Crippen LogP contribution in [0.2, 0.25) is 0 Å². The van der Waals surface area contributed by atoms with E-state index < -0.39 is 0 Å². The predicted molar refractivity (Wildman–Crippen MR) is 191 cm³/mol. The number of hydrogen-bond donors (Lipinski definition) is 4. The molecule has 0 radical (unpaired) electrons. The lowest BCUT2D eigenvalue weighted by molar-refractivity contribution is 0.477. The van der Waals surface area contributed by atoms with E-state index >= 15 is 0 Å². The number of phenolic OH excluding ortho intramolecular Hbond substituents is 3. The zero-order valence-electron chi connectivity index (χ0n) is 25.7. The smallest absolute Gasteiger partial charge is 0.178 e. The molecule has 0 fully saturated rings. The number of aromatic nitrogens is 3. The number of H-pyrrole nitrogens is 1. The Labute approximate surface area is 276 Å². The van der Waals surface area contributed by atoms with Crippen molar-refractivity contribution >= 4 is 11.2 Å². The molecule has 4 N–H and O–H groups in total. The summed E-state index contributed by atoms with van der Waals surface area (Å²) in [5.74, 6) is 1.15. The molecule has 0 bridgehead atoms. The first-order chi connectivity index (χ1) is 23.6. The third-order valence-corrected chi connectivity index (χ3v) is 8.64. The fourth-order valence-electron chi connectivity index (χ4n) is 6.39. The number of fused-ring (bicyclic) bond motifs is 1. The highest BCUT2D eigenvalue weighted by molar-refractivity contribution is 5.99. The van der Waals surface area contributed by atoms with Gasteiger partial charge in [0.15, 0.2) is 5.65 Å². The topological polar surface area (TPSA) is 102 Å². The molecule has 0 saturated carbocycles. The number of aromatic amines is 1. The lowest BCUT2D eigenvalue weighted by Crippen LogP contribution is -1.95. The average molecular weight is 624 g/mol. The summed E-state index contributed by atoms with van der Waals surface area (Å²) in [5, 5.41) is 32.5. The van der Waals surface area contributed by atoms with Crippen LogP contribution in [0.1, 0.15) is 0 Å². The minimum atomic E-state index is 0.171. The van der Waals surface area contributed by atoms with E-state index in [4.69, 9.17) is 9.97 Å². The summed E-state index contributed by atoms with van der Waals surface area (Å²) < 4.78 is 0. The molecule has 230 valence electrons. The molecule has 0 aliphatic carbocycles. The molecular weight excluding hydrogens is 594 g/mol. The van der Waals surface area contributed by atoms with Crippen LogP contribution < -0.4 is 0 Å². The quantitative estimate of drug-likeness (QED) is 0.148. The first kappa shape index (κ1) is 28.8. The minimum absolute atomic E-state index is 0.171. The number of pyridine rings is 1. The van der Waals surface area contributed by atoms with Gasteiger partial charge in [-0.3, -0.25) is 0 Å². The summed E-state index contributed by atoms with van der Waals surface area (Å²) in [6.45, 7) is 0. The van der Waals surface area contributed by atoms with E-state index in [0.717, 1.165) is 44.5 Å². The van der Waals surface area contributed by atoms with E-state index in [2.05, 4.69) is 11.1 Å². The van der Waals surface area contributed by atoms with Gasteiger partial charge in [-0.1, -0.05) is 127 Å². The first-order valence-corrected chi connectivity index (χ1v) is 15.6. The fourth-order valence-corrected chi connectivity index (χ4v) is 6.39. The molecule has 0 unspecified atom stereocenters. The lowest BCUT2D eigenvalue weighted by Gasteiger charge is -2.17. The second-order valence-corrected chi connectivity index (χ2v) is 11.5. The number of benzene rings is 6. The molecule has 2 heterocycles. The summed E-state index contributed by atoms with van der Waals surface area (Å²) in [4.78, 5) is 13.7. The number of imidazole rings is 1. The Balaban J connectivity index is 1.41. The maximum Gasteiger partial charge on any atom is 0.178 e. The van der Waals surface area contributed by atoms with Crippen molar-refractivity contribution in [3.8, 4) is 84.4 Å². The SMILES string of the molecule is Oc1ccccc1-c1ccccc1-c1nc2nc(-c3ccccc3-c3ccccc3O)c(-c3ccccc3-c3ccccc3O)cc2[nH]1. The maximum atomic E-state index is 10.9. The zero-order valence-corrected chi connectivity index (χ0v) is 25.7. The number of nitrogens with zero attached hydrogens (tertiary/aromatic N) is 2. The minimum Gasteiger partial charge on any atom is -0.507 e. The van der Waals surface area contributed by atoms with E-state index in [1.807, 2.05) is 115 Å². The normalized spacial score (nSPS) is 11.2. The lowest BCUT2D eigenvalue weighted by atomic mass is 9.89. The highest BCUT2D eigenvalue weighted by Crippen LogP contribution is 2.45. The van der Waals surface area contributed by atoms with Gasteiger partial charge in [0.25, 0.3) is 0 Å². The highest BCUT2D eigenvalue weighted by atomic mass is 16.3. The Kier molecular flexibility index (Phi) is 7.16. The van der Waals surface area contributed by atoms with Crippen molar-refractivity contribution in [2.24, 2.45) is 0 Å². The van der Waals surface area contributed by atoms with E-state index in [1.165, 1.54) is 0 Å². The number of rotatable bonds is 6. The molecule has 8 rings (SSSR count). The molecule has 2 aromatic heterocycles. The van der Waals surface area contributed by atoms with Crippen LogP contribution in [0.15, 0.2) is 152 Å². The van der Waals surface area contributed by atoms with Crippen LogP contribution in [-0.2, 0) is 0 Å². The van der Waals surface area contributed by atoms with Crippen LogP contribution in [-0.4, -0.2) is 30.3 Å². The third-order valence-electron chi connectivity index (χ3n) is 8.64. The second kappa shape index (κ2) is 11.9. The number of phenols is 3. The standard InChI is InChI=1S/C42H29N3O3/c46-37-22-10-7-17-30(37)26-13-1-2-14-27(26)35-25-36-42(44-40(35)33-20-5-3-15-28(33)31-18-8-11-23-38(31)47)45-41(43-36)34-21-6-4-16-29(34)32-19-9-12-24-39(32)48/h1-25,46-48H,(H,43,44,45). The summed E-state index contributed by atoms with van der Waals surface area (Å²) in [7, 11) is 0. The fraction of sp³-hybridized carbons (Fsp3) is 0. The van der Waals surface area contributed by atoms with Gasteiger partial charge in [0.2, 0.25) is 0 Å². The van der Waals surface area contributed by atoms with Gasteiger partial charge in [-0.05, 0) is 46.5 Å². The van der Waals surface area contributed by atoms with Gasteiger partial charge in [0.05, 0.1) is 11.2 Å². The van der Waals surface area contributed by atoms with Crippen molar-refractivity contribution in [2.45, 2.75) is 0 Å². The van der Waals surface area contributed by atoms with Crippen LogP contribution in [0.25, 0.3) is 78.3 Å². The first-order valence-electron chi connectivity index (χ1n) is 15.6. The van der Waals surface area contributed by atoms with Crippen molar-refractivity contribution < 1.29 is 15.3 Å². The number of hydrogen-bond acceptors (Lipinski definition) is 5. The molecule has 0 saturated heterocycles. The van der Waals surface area contributed by atoms with Crippen molar-refractivity contribution in [3.63, 3.8) is 0 Å². The van der Waals surface area contributed by atoms with Crippen LogP contribution in [0.3, 0.4) is 0 Å². The van der Waals surface area contributed by atoms with Crippen molar-refractivity contribution in [1.82, 2.24) is 15.0 Å². The average Bonchev–Trinajstić information content (AvgIpc) is 3.55. The Hall–Kier alpha value is -6.66. The number of aromatic hydroxyl groups is 3. The monoisotopic (exact) mass is 623 g/mol. The van der Waals surface area contributed by atoms with Crippen molar-refractivity contribution in [1.29, 1.82) is 0 Å². The van der Waals surface area contributed by atoms with Gasteiger partial charge >= 0.3 is 0 Å². The Morgan fingerprint density at radius 2 is 0.708 bits per heavy atom. The van der Waals surface area contributed by atoms with Crippen LogP contribution in [0, 0.1) is 0 Å². The summed E-state index contributed by atoms with van der Waals surface area (Å²) in [6.07, 6.45) is 0. The van der Waals surface area contributed by atoms with Crippen LogP contribution >= 0.6 is 0 Å². The van der Waals surface area contributed by atoms with E-state index in [-0.39, 0.29) is 17.2 Å². The molecule has 0 aliphatic rings. The van der Waals surface area contributed by atoms with Gasteiger partial charge in [0, 0.05) is 33.4 Å². The largest absolute Gasteiger partial charge is 0.507 e. The van der Waals surface area contributed by atoms with E-state index in [1.54, 1.807) is 30.3 Å². The molecule has 48 heavy (non-hydrogen) atoms. The van der Waals surface area contributed by atoms with E-state index in [9.17, 15) is 15.3 Å². The molecule has 0 spiro atoms. The molecule has 6 aromatic carbocycles. The summed E-state index contributed by atoms with van der Waals surface area (Å²) in [5.41, 5.74) is 9.88. The molecule has 0 amide bonds. The van der Waals surface area contributed by atoms with Gasteiger partial charge < -0.3 is 20.3 Å². The van der Waals surface area contributed by atoms with E-state index in [0.29, 0.717) is 33.9 Å². The molecule has 0 aliphatic heterocycles. The van der Waals surface area contributed by atoms with Gasteiger partial charge in [-0.25, -0.2) is 9.97 Å². The van der Waals surface area contributed by atoms with Gasteiger partial charge in [-0.2, -0.15) is 0 Å². The Bertz CT molecular complexity index is 2340. The third kappa shape index (κ3) is 5.02. The number of para-hydroxylation sites is 3. The molecule has 6 nitrogen and oxygen atoms in total. The Morgan fingerprint density at radius 1 is 0.354 bits per heavy atom. The second-order valence-electron chi connectivity index (χ2n) is 11.5. The molecular formula is C42H29N3O3. The van der Waals surface area contributed by atoms with Crippen LogP contribution in [0.5, 0.6) is 17.2 Å². The molecule has 0 atom stereocenters. The summed E-state index contributed by atoms with van der Waals surface area (Å²) >= 11 is 0. The predicted octanol–water partition coefficient (Wildman–Crippen LogP) is 10.1. The van der Waals surface area contributed by atoms with Crippen molar-refractivity contribution in [2.75, 3.05) is 0 Å². The zero-order chi connectivity index (χ0) is 32.6. The van der Waals surface area contributed by atoms with Gasteiger partial charge in [-0.15, -0.1) is 0 Å². The van der Waals surface area contributed by atoms with Crippen LogP contribution in [0.4, 0.5) is 0 Å².